The maximum Gasteiger partial charge on any atom is 0.231 e. The van der Waals surface area contributed by atoms with Crippen molar-refractivity contribution in [3.8, 4) is 0 Å². The molecule has 3 aromatic rings. The van der Waals surface area contributed by atoms with Crippen molar-refractivity contribution in [2.75, 3.05) is 11.4 Å². The van der Waals surface area contributed by atoms with Crippen LogP contribution in [0, 0.1) is 25.5 Å². The van der Waals surface area contributed by atoms with Gasteiger partial charge in [0.05, 0.1) is 17.6 Å². The lowest BCUT2D eigenvalue weighted by molar-refractivity contribution is -0.118. The molecule has 1 aliphatic heterocycles. The largest absolute Gasteiger partial charge is 0.312 e. The van der Waals surface area contributed by atoms with Gasteiger partial charge in [0.2, 0.25) is 5.91 Å². The highest BCUT2D eigenvalue weighted by molar-refractivity contribution is 5.97. The zero-order chi connectivity index (χ0) is 19.1. The number of rotatable bonds is 2. The fourth-order valence-electron chi connectivity index (χ4n) is 3.95. The Morgan fingerprint density at radius 2 is 1.96 bits per heavy atom. The summed E-state index contributed by atoms with van der Waals surface area (Å²) in [6.07, 6.45) is 1.34. The third kappa shape index (κ3) is 3.07. The normalized spacial score (nSPS) is 13.7. The fraction of sp³-hybridized carbons (Fsp3) is 0.273. The van der Waals surface area contributed by atoms with E-state index in [2.05, 4.69) is 4.98 Å². The highest BCUT2D eigenvalue weighted by Gasteiger charge is 2.26. The number of benzene rings is 2. The molecular formula is C22H20F2N2O. The summed E-state index contributed by atoms with van der Waals surface area (Å²) in [6, 6.07) is 9.97. The molecule has 1 aliphatic rings. The van der Waals surface area contributed by atoms with Crippen LogP contribution >= 0.6 is 0 Å². The van der Waals surface area contributed by atoms with Gasteiger partial charge in [-0.15, -0.1) is 0 Å². The minimum Gasteiger partial charge on any atom is -0.312 e. The standard InChI is InChI=1S/C22H20F2N2O/c1-13-16-6-3-4-8-20(16)25-14(2)18(13)12-22(27)26-9-5-7-17-19(24)10-15(23)11-21(17)26/h3-4,6,8,10-11H,5,7,9,12H2,1-2H3. The number of fused-ring (bicyclic) bond motifs is 2. The van der Waals surface area contributed by atoms with Gasteiger partial charge in [-0.1, -0.05) is 18.2 Å². The number of amides is 1. The second-order valence-corrected chi connectivity index (χ2v) is 7.03. The third-order valence-corrected chi connectivity index (χ3v) is 5.35. The maximum absolute atomic E-state index is 14.1. The summed E-state index contributed by atoms with van der Waals surface area (Å²) in [4.78, 5) is 19.2. The first kappa shape index (κ1) is 17.6. The molecule has 0 saturated heterocycles. The molecule has 2 heterocycles. The van der Waals surface area contributed by atoms with Crippen LogP contribution in [0.3, 0.4) is 0 Å². The molecule has 1 aromatic heterocycles. The Morgan fingerprint density at radius 3 is 2.78 bits per heavy atom. The second-order valence-electron chi connectivity index (χ2n) is 7.03. The number of aryl methyl sites for hydroxylation is 2. The molecule has 27 heavy (non-hydrogen) atoms. The second kappa shape index (κ2) is 6.72. The van der Waals surface area contributed by atoms with Crippen molar-refractivity contribution in [3.63, 3.8) is 0 Å². The molecule has 0 fully saturated rings. The van der Waals surface area contributed by atoms with Gasteiger partial charge in [0, 0.05) is 29.3 Å². The number of nitrogens with zero attached hydrogens (tertiary/aromatic N) is 2. The van der Waals surface area contributed by atoms with Crippen molar-refractivity contribution in [3.05, 3.63) is 70.4 Å². The summed E-state index contributed by atoms with van der Waals surface area (Å²) in [6.45, 7) is 4.35. The fourth-order valence-corrected chi connectivity index (χ4v) is 3.95. The Hall–Kier alpha value is -2.82. The number of anilines is 1. The van der Waals surface area contributed by atoms with Crippen LogP contribution in [-0.4, -0.2) is 17.4 Å². The van der Waals surface area contributed by atoms with Gasteiger partial charge < -0.3 is 4.90 Å². The Labute approximate surface area is 156 Å². The monoisotopic (exact) mass is 366 g/mol. The zero-order valence-corrected chi connectivity index (χ0v) is 15.4. The SMILES string of the molecule is Cc1nc2ccccc2c(C)c1CC(=O)N1CCCc2c(F)cc(F)cc21. The molecule has 0 aliphatic carbocycles. The molecular weight excluding hydrogens is 346 g/mol. The topological polar surface area (TPSA) is 33.2 Å². The first-order valence-electron chi connectivity index (χ1n) is 9.09. The van der Waals surface area contributed by atoms with Gasteiger partial charge in [-0.05, 0) is 49.9 Å². The number of pyridine rings is 1. The highest BCUT2D eigenvalue weighted by Crippen LogP contribution is 2.31. The Balaban J connectivity index is 1.72. The highest BCUT2D eigenvalue weighted by atomic mass is 19.1. The number of halogens is 2. The molecule has 0 N–H and O–H groups in total. The molecule has 5 heteroatoms. The lowest BCUT2D eigenvalue weighted by atomic mass is 9.97. The van der Waals surface area contributed by atoms with Crippen LogP contribution in [0.25, 0.3) is 10.9 Å². The average molecular weight is 366 g/mol. The molecule has 138 valence electrons. The van der Waals surface area contributed by atoms with Crippen molar-refractivity contribution in [1.82, 2.24) is 4.98 Å². The third-order valence-electron chi connectivity index (χ3n) is 5.35. The van der Waals surface area contributed by atoms with Crippen molar-refractivity contribution >= 4 is 22.5 Å². The lowest BCUT2D eigenvalue weighted by Crippen LogP contribution is -2.37. The van der Waals surface area contributed by atoms with Gasteiger partial charge in [-0.3, -0.25) is 9.78 Å². The number of para-hydroxylation sites is 1. The van der Waals surface area contributed by atoms with Crippen LogP contribution in [0.1, 0.15) is 28.8 Å². The van der Waals surface area contributed by atoms with E-state index in [1.54, 1.807) is 0 Å². The molecule has 0 spiro atoms. The Kier molecular flexibility index (Phi) is 4.38. The summed E-state index contributed by atoms with van der Waals surface area (Å²) in [5, 5.41) is 1.02. The number of aromatic nitrogens is 1. The van der Waals surface area contributed by atoms with E-state index in [0.29, 0.717) is 30.6 Å². The van der Waals surface area contributed by atoms with Crippen LogP contribution in [0.2, 0.25) is 0 Å². The molecule has 0 saturated carbocycles. The van der Waals surface area contributed by atoms with E-state index in [4.69, 9.17) is 0 Å². The van der Waals surface area contributed by atoms with Gasteiger partial charge in [0.25, 0.3) is 0 Å². The number of carbonyl (C=O) groups excluding carboxylic acids is 1. The van der Waals surface area contributed by atoms with Gasteiger partial charge in [-0.2, -0.15) is 0 Å². The lowest BCUT2D eigenvalue weighted by Gasteiger charge is -2.30. The molecule has 0 unspecified atom stereocenters. The minimum atomic E-state index is -0.661. The zero-order valence-electron chi connectivity index (χ0n) is 15.4. The van der Waals surface area contributed by atoms with Gasteiger partial charge in [-0.25, -0.2) is 8.78 Å². The summed E-state index contributed by atoms with van der Waals surface area (Å²) in [7, 11) is 0. The minimum absolute atomic E-state index is 0.160. The molecule has 0 bridgehead atoms. The summed E-state index contributed by atoms with van der Waals surface area (Å²) < 4.78 is 27.8. The van der Waals surface area contributed by atoms with Crippen LogP contribution < -0.4 is 4.90 Å². The predicted molar refractivity (Wildman–Crippen MR) is 102 cm³/mol. The number of carbonyl (C=O) groups is 1. The van der Waals surface area contributed by atoms with Gasteiger partial charge in [0.15, 0.2) is 0 Å². The van der Waals surface area contributed by atoms with Gasteiger partial charge >= 0.3 is 0 Å². The number of hydrogen-bond donors (Lipinski definition) is 0. The first-order valence-corrected chi connectivity index (χ1v) is 9.09. The predicted octanol–water partition coefficient (Wildman–Crippen LogP) is 4.65. The molecule has 0 atom stereocenters. The van der Waals surface area contributed by atoms with Crippen LogP contribution in [0.15, 0.2) is 36.4 Å². The molecule has 1 amide bonds. The van der Waals surface area contributed by atoms with E-state index >= 15 is 0 Å². The summed E-state index contributed by atoms with van der Waals surface area (Å²) in [5.74, 6) is -1.41. The molecule has 4 rings (SSSR count). The summed E-state index contributed by atoms with van der Waals surface area (Å²) in [5.41, 5.74) is 4.38. The van der Waals surface area contributed by atoms with Crippen molar-refractivity contribution in [2.24, 2.45) is 0 Å². The van der Waals surface area contributed by atoms with E-state index in [1.165, 1.54) is 11.0 Å². The van der Waals surface area contributed by atoms with Gasteiger partial charge in [0.1, 0.15) is 11.6 Å². The molecule has 0 radical (unpaired) electrons. The van der Waals surface area contributed by atoms with E-state index in [1.807, 2.05) is 38.1 Å². The van der Waals surface area contributed by atoms with E-state index in [9.17, 15) is 13.6 Å². The maximum atomic E-state index is 14.1. The average Bonchev–Trinajstić information content (AvgIpc) is 2.64. The van der Waals surface area contributed by atoms with Crippen LogP contribution in [-0.2, 0) is 17.6 Å². The number of hydrogen-bond acceptors (Lipinski definition) is 2. The smallest absolute Gasteiger partial charge is 0.231 e. The molecule has 2 aromatic carbocycles. The van der Waals surface area contributed by atoms with Crippen molar-refractivity contribution < 1.29 is 13.6 Å². The summed E-state index contributed by atoms with van der Waals surface area (Å²) >= 11 is 0. The van der Waals surface area contributed by atoms with E-state index in [0.717, 1.165) is 33.8 Å². The van der Waals surface area contributed by atoms with Crippen LogP contribution in [0.4, 0.5) is 14.5 Å². The Morgan fingerprint density at radius 1 is 1.19 bits per heavy atom. The van der Waals surface area contributed by atoms with Crippen LogP contribution in [0.5, 0.6) is 0 Å². The molecule has 3 nitrogen and oxygen atoms in total. The Bertz CT molecular complexity index is 1060. The van der Waals surface area contributed by atoms with Crippen molar-refractivity contribution in [2.45, 2.75) is 33.1 Å². The van der Waals surface area contributed by atoms with E-state index < -0.39 is 11.6 Å². The quantitative estimate of drug-likeness (QED) is 0.661. The van der Waals surface area contributed by atoms with Crippen molar-refractivity contribution in [1.29, 1.82) is 0 Å². The van der Waals surface area contributed by atoms with E-state index in [-0.39, 0.29) is 12.3 Å². The first-order chi connectivity index (χ1) is 13.0.